The first-order valence-electron chi connectivity index (χ1n) is 11.5. The van der Waals surface area contributed by atoms with Crippen molar-refractivity contribution in [2.24, 2.45) is 0 Å². The number of ketones is 1. The van der Waals surface area contributed by atoms with E-state index in [1.165, 1.54) is 0 Å². The van der Waals surface area contributed by atoms with Gasteiger partial charge >= 0.3 is 0 Å². The summed E-state index contributed by atoms with van der Waals surface area (Å²) in [6, 6.07) is 0. The molecule has 1 aliphatic heterocycles. The number of anilines is 1. The van der Waals surface area contributed by atoms with Crippen LogP contribution >= 0.6 is 11.6 Å². The van der Waals surface area contributed by atoms with E-state index in [2.05, 4.69) is 82.7 Å². The van der Waals surface area contributed by atoms with Crippen molar-refractivity contribution in [2.75, 3.05) is 12.3 Å². The monoisotopic (exact) mass is 527 g/mol. The van der Waals surface area contributed by atoms with E-state index in [1.807, 2.05) is 0 Å². The lowest BCUT2D eigenvalue weighted by molar-refractivity contribution is -0.127. The van der Waals surface area contributed by atoms with Crippen LogP contribution in [0.3, 0.4) is 0 Å². The largest absolute Gasteiger partial charge is 0.414 e. The summed E-state index contributed by atoms with van der Waals surface area (Å²) in [5.41, 5.74) is 6.78. The van der Waals surface area contributed by atoms with Crippen LogP contribution in [-0.4, -0.2) is 60.8 Å². The first kappa shape index (κ1) is 27.2. The number of Topliss-reactive ketones (excluding diaryl/α,β-unsaturated/α-hetero) is 1. The number of nitrogens with zero attached hydrogens (tertiary/aromatic N) is 4. The van der Waals surface area contributed by atoms with E-state index in [9.17, 15) is 4.79 Å². The van der Waals surface area contributed by atoms with E-state index in [0.29, 0.717) is 11.2 Å². The van der Waals surface area contributed by atoms with Gasteiger partial charge in [-0.3, -0.25) is 9.36 Å². The molecule has 9 nitrogen and oxygen atoms in total. The Bertz CT molecular complexity index is 1080. The molecule has 2 aromatic heterocycles. The number of aromatic nitrogens is 4. The Morgan fingerprint density at radius 1 is 1.09 bits per heavy atom. The standard InChI is InChI=1S/C22H38ClN5O4Si2/c1-21(2,3)33(7,8)30-11-13-15(29)16(32-34(9,10)22(4,5)6)19(31-13)28-12-25-14-17(24)26-20(23)27-18(14)28/h12-13,16,19H,11H2,1-10H3,(H2,24,26,27)/t13-,16-,19-/m1/s1. The van der Waals surface area contributed by atoms with Crippen molar-refractivity contribution < 1.29 is 18.4 Å². The molecule has 0 aromatic carbocycles. The predicted molar refractivity (Wildman–Crippen MR) is 139 cm³/mol. The molecule has 1 fully saturated rings. The maximum Gasteiger partial charge on any atom is 0.226 e. The number of carbonyl (C=O) groups excluding carboxylic acids is 1. The van der Waals surface area contributed by atoms with Crippen molar-refractivity contribution in [1.82, 2.24) is 19.5 Å². The smallest absolute Gasteiger partial charge is 0.226 e. The van der Waals surface area contributed by atoms with Gasteiger partial charge < -0.3 is 19.3 Å². The van der Waals surface area contributed by atoms with Gasteiger partial charge in [-0.1, -0.05) is 41.5 Å². The molecular weight excluding hydrogens is 490 g/mol. The molecule has 34 heavy (non-hydrogen) atoms. The highest BCUT2D eigenvalue weighted by Gasteiger charge is 2.51. The summed E-state index contributed by atoms with van der Waals surface area (Å²) >= 11 is 6.07. The van der Waals surface area contributed by atoms with Gasteiger partial charge in [-0.15, -0.1) is 0 Å². The Labute approximate surface area is 209 Å². The van der Waals surface area contributed by atoms with Gasteiger partial charge in [0.2, 0.25) is 5.28 Å². The van der Waals surface area contributed by atoms with Crippen LogP contribution in [-0.2, 0) is 18.4 Å². The summed E-state index contributed by atoms with van der Waals surface area (Å²) in [6.45, 7) is 21.6. The van der Waals surface area contributed by atoms with E-state index in [-0.39, 0.29) is 33.6 Å². The molecule has 0 amide bonds. The summed E-state index contributed by atoms with van der Waals surface area (Å²) in [5.74, 6) is 0.0289. The van der Waals surface area contributed by atoms with Gasteiger partial charge in [0.1, 0.15) is 11.6 Å². The number of ether oxygens (including phenoxy) is 1. The second-order valence-electron chi connectivity index (χ2n) is 12.0. The predicted octanol–water partition coefficient (Wildman–Crippen LogP) is 4.94. The van der Waals surface area contributed by atoms with Crippen LogP contribution in [0, 0.1) is 0 Å². The number of fused-ring (bicyclic) bond motifs is 1. The number of hydrogen-bond donors (Lipinski definition) is 1. The molecule has 0 bridgehead atoms. The number of halogens is 1. The average molecular weight is 528 g/mol. The van der Waals surface area contributed by atoms with Gasteiger partial charge in [-0.2, -0.15) is 9.97 Å². The summed E-state index contributed by atoms with van der Waals surface area (Å²) in [4.78, 5) is 26.3. The molecule has 190 valence electrons. The molecule has 0 saturated carbocycles. The van der Waals surface area contributed by atoms with E-state index < -0.39 is 35.1 Å². The molecular formula is C22H38ClN5O4Si2. The fourth-order valence-corrected chi connectivity index (χ4v) is 5.56. The Hall–Kier alpha value is -1.38. The van der Waals surface area contributed by atoms with Gasteiger partial charge in [0, 0.05) is 0 Å². The SMILES string of the molecule is CC(C)(C)[Si](C)(C)OC[C@H]1O[C@@H](n2cnc3c(N)nc(Cl)nc32)[C@H](O[Si](C)(C)C(C)(C)C)C1=O. The summed E-state index contributed by atoms with van der Waals surface area (Å²) in [6.07, 6.45) is -0.824. The summed E-state index contributed by atoms with van der Waals surface area (Å²) in [7, 11) is -4.41. The molecule has 1 aliphatic rings. The fourth-order valence-electron chi connectivity index (χ4n) is 3.17. The first-order valence-corrected chi connectivity index (χ1v) is 17.7. The second-order valence-corrected chi connectivity index (χ2v) is 21.9. The van der Waals surface area contributed by atoms with Crippen LogP contribution in [0.15, 0.2) is 6.33 Å². The number of hydrogen-bond acceptors (Lipinski definition) is 8. The van der Waals surface area contributed by atoms with Gasteiger partial charge in [-0.25, -0.2) is 4.98 Å². The van der Waals surface area contributed by atoms with Crippen molar-refractivity contribution in [3.05, 3.63) is 11.6 Å². The zero-order valence-electron chi connectivity index (χ0n) is 21.9. The number of rotatable bonds is 6. The van der Waals surface area contributed by atoms with Gasteiger partial charge in [-0.05, 0) is 47.9 Å². The molecule has 3 heterocycles. The van der Waals surface area contributed by atoms with Crippen molar-refractivity contribution in [1.29, 1.82) is 0 Å². The van der Waals surface area contributed by atoms with E-state index in [1.54, 1.807) is 10.9 Å². The van der Waals surface area contributed by atoms with Crippen molar-refractivity contribution in [2.45, 2.75) is 96.2 Å². The van der Waals surface area contributed by atoms with Gasteiger partial charge in [0.05, 0.1) is 12.9 Å². The Balaban J connectivity index is 1.99. The number of nitrogens with two attached hydrogens (primary N) is 1. The highest BCUT2D eigenvalue weighted by Crippen LogP contribution is 2.42. The van der Waals surface area contributed by atoms with Crippen molar-refractivity contribution in [3.8, 4) is 0 Å². The second kappa shape index (κ2) is 8.93. The summed E-state index contributed by atoms with van der Waals surface area (Å²) in [5, 5.41) is -0.0899. The maximum absolute atomic E-state index is 13.6. The van der Waals surface area contributed by atoms with E-state index in [0.717, 1.165) is 0 Å². The van der Waals surface area contributed by atoms with Crippen LogP contribution in [0.1, 0.15) is 47.8 Å². The van der Waals surface area contributed by atoms with Crippen molar-refractivity contribution >= 4 is 51.0 Å². The topological polar surface area (TPSA) is 114 Å². The number of carbonyl (C=O) groups is 1. The zero-order chi connectivity index (χ0) is 25.9. The average Bonchev–Trinajstić information content (AvgIpc) is 3.20. The van der Waals surface area contributed by atoms with Crippen LogP contribution in [0.4, 0.5) is 5.82 Å². The Morgan fingerprint density at radius 3 is 2.24 bits per heavy atom. The Morgan fingerprint density at radius 2 is 1.68 bits per heavy atom. The lowest BCUT2D eigenvalue weighted by Crippen LogP contribution is -2.48. The number of imidazole rings is 1. The third kappa shape index (κ3) is 5.10. The van der Waals surface area contributed by atoms with Gasteiger partial charge in [0.15, 0.2) is 46.2 Å². The third-order valence-corrected chi connectivity index (χ3v) is 16.6. The molecule has 0 aliphatic carbocycles. The maximum atomic E-state index is 13.6. The quantitative estimate of drug-likeness (QED) is 0.415. The minimum Gasteiger partial charge on any atom is -0.414 e. The lowest BCUT2D eigenvalue weighted by atomic mass is 10.2. The van der Waals surface area contributed by atoms with Crippen molar-refractivity contribution in [3.63, 3.8) is 0 Å². The molecule has 0 unspecified atom stereocenters. The first-order chi connectivity index (χ1) is 15.4. The molecule has 3 rings (SSSR count). The third-order valence-electron chi connectivity index (χ3n) is 7.49. The molecule has 0 radical (unpaired) electrons. The van der Waals surface area contributed by atoms with Crippen LogP contribution in [0.5, 0.6) is 0 Å². The minimum atomic E-state index is -2.32. The molecule has 1 saturated heterocycles. The minimum absolute atomic E-state index is 0.00394. The highest BCUT2D eigenvalue weighted by atomic mass is 35.5. The van der Waals surface area contributed by atoms with E-state index >= 15 is 0 Å². The van der Waals surface area contributed by atoms with Crippen LogP contribution < -0.4 is 5.73 Å². The molecule has 2 aromatic rings. The fraction of sp³-hybridized carbons (Fsp3) is 0.727. The zero-order valence-corrected chi connectivity index (χ0v) is 24.6. The van der Waals surface area contributed by atoms with Gasteiger partial charge in [0.25, 0.3) is 0 Å². The number of nitrogen functional groups attached to an aromatic ring is 1. The normalized spacial score (nSPS) is 22.7. The molecule has 12 heteroatoms. The Kier molecular flexibility index (Phi) is 7.15. The van der Waals surface area contributed by atoms with E-state index in [4.69, 9.17) is 30.9 Å². The highest BCUT2D eigenvalue weighted by molar-refractivity contribution is 6.74. The van der Waals surface area contributed by atoms with Crippen LogP contribution in [0.2, 0.25) is 41.5 Å². The lowest BCUT2D eigenvalue weighted by Gasteiger charge is -2.38. The summed E-state index contributed by atoms with van der Waals surface area (Å²) < 4.78 is 20.9. The molecule has 0 spiro atoms. The van der Waals surface area contributed by atoms with Crippen LogP contribution in [0.25, 0.3) is 11.2 Å². The molecule has 2 N–H and O–H groups in total. The molecule has 3 atom stereocenters.